The second kappa shape index (κ2) is 5.11. The lowest BCUT2D eigenvalue weighted by Crippen LogP contribution is -1.95. The average Bonchev–Trinajstić information content (AvgIpc) is 2.92. The molecule has 0 aliphatic rings. The van der Waals surface area contributed by atoms with Crippen LogP contribution in [0.5, 0.6) is 0 Å². The monoisotopic (exact) mass is 303 g/mol. The second-order valence-electron chi connectivity index (χ2n) is 5.71. The van der Waals surface area contributed by atoms with Crippen molar-refractivity contribution in [2.24, 2.45) is 0 Å². The van der Waals surface area contributed by atoms with E-state index in [0.29, 0.717) is 5.82 Å². The van der Waals surface area contributed by atoms with Crippen LogP contribution in [0.15, 0.2) is 54.7 Å². The standard InChI is InChI=1S/C19H17N3O/c1-12-5-2-3-7-14(12)17-18(20)22-10-9-15-13(11-23)6-4-8-16(15)19(22)21-17/h2-10,23H,11,20H2,1H3. The first kappa shape index (κ1) is 13.8. The van der Waals surface area contributed by atoms with Crippen LogP contribution in [-0.4, -0.2) is 14.5 Å². The first-order chi connectivity index (χ1) is 11.2. The number of pyridine rings is 1. The summed E-state index contributed by atoms with van der Waals surface area (Å²) in [6.45, 7) is 2.06. The van der Waals surface area contributed by atoms with Crippen LogP contribution >= 0.6 is 0 Å². The van der Waals surface area contributed by atoms with Gasteiger partial charge in [0.25, 0.3) is 0 Å². The summed E-state index contributed by atoms with van der Waals surface area (Å²) in [4.78, 5) is 4.80. The van der Waals surface area contributed by atoms with Crippen molar-refractivity contribution in [3.05, 3.63) is 65.9 Å². The normalized spacial score (nSPS) is 11.4. The van der Waals surface area contributed by atoms with E-state index in [-0.39, 0.29) is 6.61 Å². The summed E-state index contributed by atoms with van der Waals surface area (Å²) in [5, 5.41) is 11.5. The van der Waals surface area contributed by atoms with E-state index in [9.17, 15) is 5.11 Å². The second-order valence-corrected chi connectivity index (χ2v) is 5.71. The zero-order valence-corrected chi connectivity index (χ0v) is 12.8. The molecule has 4 heteroatoms. The lowest BCUT2D eigenvalue weighted by Gasteiger charge is -2.05. The summed E-state index contributed by atoms with van der Waals surface area (Å²) in [6, 6.07) is 15.9. The molecule has 0 saturated heterocycles. The van der Waals surface area contributed by atoms with Gasteiger partial charge in [-0.25, -0.2) is 4.98 Å². The number of nitrogens with two attached hydrogens (primary N) is 1. The van der Waals surface area contributed by atoms with Gasteiger partial charge in [-0.1, -0.05) is 42.5 Å². The van der Waals surface area contributed by atoms with Gasteiger partial charge < -0.3 is 10.8 Å². The highest BCUT2D eigenvalue weighted by Crippen LogP contribution is 2.32. The molecule has 0 fully saturated rings. The minimum Gasteiger partial charge on any atom is -0.392 e. The van der Waals surface area contributed by atoms with Crippen LogP contribution in [0, 0.1) is 6.92 Å². The van der Waals surface area contributed by atoms with Crippen LogP contribution < -0.4 is 5.73 Å². The molecular formula is C19H17N3O. The molecule has 4 aromatic rings. The minimum absolute atomic E-state index is 0.00829. The number of anilines is 1. The van der Waals surface area contributed by atoms with Crippen LogP contribution in [0.25, 0.3) is 27.7 Å². The Bertz CT molecular complexity index is 1030. The van der Waals surface area contributed by atoms with Crippen molar-refractivity contribution in [3.63, 3.8) is 0 Å². The number of nitrogen functional groups attached to an aromatic ring is 1. The minimum atomic E-state index is 0.00829. The van der Waals surface area contributed by atoms with Crippen LogP contribution in [0.1, 0.15) is 11.1 Å². The molecule has 0 atom stereocenters. The molecule has 23 heavy (non-hydrogen) atoms. The fourth-order valence-electron chi connectivity index (χ4n) is 3.11. The summed E-state index contributed by atoms with van der Waals surface area (Å²) in [7, 11) is 0. The lowest BCUT2D eigenvalue weighted by molar-refractivity contribution is 0.283. The Morgan fingerprint density at radius 1 is 1.04 bits per heavy atom. The molecule has 2 heterocycles. The van der Waals surface area contributed by atoms with E-state index in [4.69, 9.17) is 10.7 Å². The van der Waals surface area contributed by atoms with Gasteiger partial charge in [-0.05, 0) is 29.5 Å². The number of fused-ring (bicyclic) bond motifs is 3. The van der Waals surface area contributed by atoms with Crippen molar-refractivity contribution < 1.29 is 5.11 Å². The van der Waals surface area contributed by atoms with Gasteiger partial charge in [-0.3, -0.25) is 4.40 Å². The fraction of sp³-hybridized carbons (Fsp3) is 0.105. The third kappa shape index (κ3) is 1.99. The predicted molar refractivity (Wildman–Crippen MR) is 93.2 cm³/mol. The molecule has 0 bridgehead atoms. The largest absolute Gasteiger partial charge is 0.392 e. The SMILES string of the molecule is Cc1ccccc1-c1nc2c3cccc(CO)c3ccn2c1N. The zero-order valence-electron chi connectivity index (χ0n) is 12.8. The highest BCUT2D eigenvalue weighted by molar-refractivity contribution is 5.98. The Morgan fingerprint density at radius 2 is 1.87 bits per heavy atom. The van der Waals surface area contributed by atoms with Crippen molar-refractivity contribution in [3.8, 4) is 11.3 Å². The Kier molecular flexibility index (Phi) is 3.06. The third-order valence-corrected chi connectivity index (χ3v) is 4.35. The molecule has 114 valence electrons. The van der Waals surface area contributed by atoms with Gasteiger partial charge in [-0.2, -0.15) is 0 Å². The molecule has 2 aromatic carbocycles. The Hall–Kier alpha value is -2.85. The van der Waals surface area contributed by atoms with Crippen molar-refractivity contribution in [1.82, 2.24) is 9.38 Å². The Labute approximate surface area is 133 Å². The van der Waals surface area contributed by atoms with E-state index in [0.717, 1.165) is 38.8 Å². The van der Waals surface area contributed by atoms with E-state index in [1.807, 2.05) is 53.1 Å². The summed E-state index contributed by atoms with van der Waals surface area (Å²) >= 11 is 0. The number of imidazole rings is 1. The smallest absolute Gasteiger partial charge is 0.147 e. The number of aromatic nitrogens is 2. The predicted octanol–water partition coefficient (Wildman–Crippen LogP) is 3.54. The van der Waals surface area contributed by atoms with Crippen LogP contribution in [-0.2, 0) is 6.61 Å². The van der Waals surface area contributed by atoms with Gasteiger partial charge in [0.05, 0.1) is 6.61 Å². The highest BCUT2D eigenvalue weighted by atomic mass is 16.3. The summed E-state index contributed by atoms with van der Waals surface area (Å²) in [5.41, 5.74) is 11.0. The molecule has 2 aromatic heterocycles. The molecule has 0 unspecified atom stereocenters. The lowest BCUT2D eigenvalue weighted by atomic mass is 10.1. The van der Waals surface area contributed by atoms with Gasteiger partial charge in [0.2, 0.25) is 0 Å². The van der Waals surface area contributed by atoms with Crippen molar-refractivity contribution >= 4 is 22.2 Å². The Morgan fingerprint density at radius 3 is 2.65 bits per heavy atom. The van der Waals surface area contributed by atoms with Crippen LogP contribution in [0.2, 0.25) is 0 Å². The Balaban J connectivity index is 2.08. The molecule has 3 N–H and O–H groups in total. The van der Waals surface area contributed by atoms with Crippen LogP contribution in [0.3, 0.4) is 0 Å². The van der Waals surface area contributed by atoms with E-state index >= 15 is 0 Å². The van der Waals surface area contributed by atoms with E-state index in [1.54, 1.807) is 0 Å². The van der Waals surface area contributed by atoms with Gasteiger partial charge >= 0.3 is 0 Å². The first-order valence-electron chi connectivity index (χ1n) is 7.55. The van der Waals surface area contributed by atoms with Gasteiger partial charge in [0, 0.05) is 17.1 Å². The van der Waals surface area contributed by atoms with Crippen molar-refractivity contribution in [2.75, 3.05) is 5.73 Å². The van der Waals surface area contributed by atoms with E-state index < -0.39 is 0 Å². The number of benzene rings is 2. The molecule has 4 rings (SSSR count). The third-order valence-electron chi connectivity index (χ3n) is 4.35. The summed E-state index contributed by atoms with van der Waals surface area (Å²) in [5.74, 6) is 0.630. The maximum Gasteiger partial charge on any atom is 0.147 e. The van der Waals surface area contributed by atoms with Crippen molar-refractivity contribution in [1.29, 1.82) is 0 Å². The number of aliphatic hydroxyl groups is 1. The number of rotatable bonds is 2. The fourth-order valence-corrected chi connectivity index (χ4v) is 3.11. The number of hydrogen-bond acceptors (Lipinski definition) is 3. The quantitative estimate of drug-likeness (QED) is 0.595. The number of hydrogen-bond donors (Lipinski definition) is 2. The molecule has 0 saturated carbocycles. The number of aliphatic hydroxyl groups excluding tert-OH is 1. The maximum absolute atomic E-state index is 9.53. The topological polar surface area (TPSA) is 63.5 Å². The van der Waals surface area contributed by atoms with E-state index in [2.05, 4.69) is 13.0 Å². The average molecular weight is 303 g/mol. The number of nitrogens with zero attached hydrogens (tertiary/aromatic N) is 2. The summed E-state index contributed by atoms with van der Waals surface area (Å²) in [6.07, 6.45) is 1.92. The maximum atomic E-state index is 9.53. The molecule has 0 aliphatic carbocycles. The summed E-state index contributed by atoms with van der Waals surface area (Å²) < 4.78 is 1.91. The van der Waals surface area contributed by atoms with Gasteiger partial charge in [-0.15, -0.1) is 0 Å². The molecule has 4 nitrogen and oxygen atoms in total. The molecular weight excluding hydrogens is 286 g/mol. The molecule has 0 spiro atoms. The molecule has 0 aliphatic heterocycles. The molecule has 0 radical (unpaired) electrons. The van der Waals surface area contributed by atoms with Crippen LogP contribution in [0.4, 0.5) is 5.82 Å². The first-order valence-corrected chi connectivity index (χ1v) is 7.55. The zero-order chi connectivity index (χ0) is 16.0. The van der Waals surface area contributed by atoms with E-state index in [1.165, 1.54) is 0 Å². The number of aryl methyl sites for hydroxylation is 1. The van der Waals surface area contributed by atoms with Gasteiger partial charge in [0.15, 0.2) is 0 Å². The highest BCUT2D eigenvalue weighted by Gasteiger charge is 2.15. The molecule has 0 amide bonds. The van der Waals surface area contributed by atoms with Crippen molar-refractivity contribution in [2.45, 2.75) is 13.5 Å². The van der Waals surface area contributed by atoms with Gasteiger partial charge in [0.1, 0.15) is 17.2 Å².